The first-order valence-electron chi connectivity index (χ1n) is 10.1. The number of amides is 1. The minimum Gasteiger partial charge on any atom is -0.356 e. The van der Waals surface area contributed by atoms with Crippen LogP contribution in [0.25, 0.3) is 16.7 Å². The van der Waals surface area contributed by atoms with Gasteiger partial charge in [-0.15, -0.1) is 5.10 Å². The fourth-order valence-corrected chi connectivity index (χ4v) is 3.10. The average Bonchev–Trinajstić information content (AvgIpc) is 3.22. The van der Waals surface area contributed by atoms with Gasteiger partial charge in [0, 0.05) is 26.1 Å². The lowest BCUT2D eigenvalue weighted by molar-refractivity contribution is -0.118. The molecule has 0 aliphatic heterocycles. The molecule has 31 heavy (non-hydrogen) atoms. The summed E-state index contributed by atoms with van der Waals surface area (Å²) in [7, 11) is 0. The Bertz CT molecular complexity index is 1220. The third-order valence-corrected chi connectivity index (χ3v) is 4.81. The zero-order chi connectivity index (χ0) is 21.8. The van der Waals surface area contributed by atoms with E-state index in [0.717, 1.165) is 28.0 Å². The summed E-state index contributed by atoms with van der Waals surface area (Å²) in [5.41, 5.74) is 4.40. The number of carbonyl (C=O) groups is 1. The highest BCUT2D eigenvalue weighted by Gasteiger charge is 2.07. The quantitative estimate of drug-likeness (QED) is 0.476. The molecule has 0 fully saturated rings. The summed E-state index contributed by atoms with van der Waals surface area (Å²) >= 11 is 0. The number of hydrogen-bond donors (Lipinski definition) is 2. The SMILES string of the molecule is CC(=O)NCCc1cn(-c2cnc3ccc(Nc4cc(C(C)C)cnn4)nc3c2)cn1. The van der Waals surface area contributed by atoms with Crippen LogP contribution in [0.1, 0.15) is 37.9 Å². The maximum Gasteiger partial charge on any atom is 0.216 e. The molecule has 4 aromatic rings. The van der Waals surface area contributed by atoms with Gasteiger partial charge in [-0.05, 0) is 35.7 Å². The maximum atomic E-state index is 11.0. The smallest absolute Gasteiger partial charge is 0.216 e. The summed E-state index contributed by atoms with van der Waals surface area (Å²) in [6, 6.07) is 7.73. The van der Waals surface area contributed by atoms with E-state index in [0.29, 0.717) is 30.5 Å². The van der Waals surface area contributed by atoms with E-state index in [1.807, 2.05) is 35.0 Å². The number of aromatic nitrogens is 6. The van der Waals surface area contributed by atoms with E-state index in [1.165, 1.54) is 6.92 Å². The second kappa shape index (κ2) is 8.86. The van der Waals surface area contributed by atoms with E-state index in [-0.39, 0.29) is 5.91 Å². The van der Waals surface area contributed by atoms with Gasteiger partial charge in [0.15, 0.2) is 5.82 Å². The highest BCUT2D eigenvalue weighted by atomic mass is 16.1. The molecule has 0 aromatic carbocycles. The van der Waals surface area contributed by atoms with Crippen molar-refractivity contribution in [1.29, 1.82) is 0 Å². The Balaban J connectivity index is 1.54. The van der Waals surface area contributed by atoms with Crippen molar-refractivity contribution in [3.63, 3.8) is 0 Å². The highest BCUT2D eigenvalue weighted by molar-refractivity contribution is 5.78. The Labute approximate surface area is 180 Å². The number of anilines is 2. The van der Waals surface area contributed by atoms with E-state index in [4.69, 9.17) is 0 Å². The van der Waals surface area contributed by atoms with Crippen molar-refractivity contribution in [3.8, 4) is 5.69 Å². The van der Waals surface area contributed by atoms with Crippen LogP contribution in [0, 0.1) is 0 Å². The minimum absolute atomic E-state index is 0.0458. The molecule has 0 spiro atoms. The van der Waals surface area contributed by atoms with Crippen molar-refractivity contribution in [2.24, 2.45) is 0 Å². The van der Waals surface area contributed by atoms with Crippen LogP contribution < -0.4 is 10.6 Å². The summed E-state index contributed by atoms with van der Waals surface area (Å²) in [4.78, 5) is 24.6. The molecular formula is C22H24N8O. The fraction of sp³-hybridized carbons (Fsp3) is 0.273. The summed E-state index contributed by atoms with van der Waals surface area (Å²) in [6.45, 7) is 6.29. The third kappa shape index (κ3) is 5.00. The van der Waals surface area contributed by atoms with E-state index < -0.39 is 0 Å². The molecule has 4 heterocycles. The molecule has 0 atom stereocenters. The van der Waals surface area contributed by atoms with Gasteiger partial charge in [-0.25, -0.2) is 9.97 Å². The molecule has 0 saturated carbocycles. The van der Waals surface area contributed by atoms with Crippen LogP contribution in [0.4, 0.5) is 11.6 Å². The number of nitrogens with zero attached hydrogens (tertiary/aromatic N) is 6. The molecule has 1 amide bonds. The first kappa shape index (κ1) is 20.4. The zero-order valence-corrected chi connectivity index (χ0v) is 17.7. The minimum atomic E-state index is -0.0458. The largest absolute Gasteiger partial charge is 0.356 e. The molecule has 0 aliphatic rings. The Morgan fingerprint density at radius 3 is 2.77 bits per heavy atom. The van der Waals surface area contributed by atoms with Crippen LogP contribution in [-0.4, -0.2) is 42.2 Å². The monoisotopic (exact) mass is 416 g/mol. The van der Waals surface area contributed by atoms with Gasteiger partial charge in [0.25, 0.3) is 0 Å². The van der Waals surface area contributed by atoms with Gasteiger partial charge < -0.3 is 15.2 Å². The highest BCUT2D eigenvalue weighted by Crippen LogP contribution is 2.21. The van der Waals surface area contributed by atoms with Crippen LogP contribution in [0.3, 0.4) is 0 Å². The Kier molecular flexibility index (Phi) is 5.83. The Hall–Kier alpha value is -3.88. The summed E-state index contributed by atoms with van der Waals surface area (Å²) in [5, 5.41) is 14.2. The summed E-state index contributed by atoms with van der Waals surface area (Å²) < 4.78 is 1.90. The van der Waals surface area contributed by atoms with E-state index in [1.54, 1.807) is 18.7 Å². The number of carbonyl (C=O) groups excluding carboxylic acids is 1. The van der Waals surface area contributed by atoms with Crippen LogP contribution in [0.15, 0.2) is 49.2 Å². The molecule has 0 unspecified atom stereocenters. The molecular weight excluding hydrogens is 392 g/mol. The van der Waals surface area contributed by atoms with Crippen molar-refractivity contribution < 1.29 is 4.79 Å². The van der Waals surface area contributed by atoms with E-state index >= 15 is 0 Å². The van der Waals surface area contributed by atoms with Gasteiger partial charge in [-0.2, -0.15) is 5.10 Å². The van der Waals surface area contributed by atoms with Gasteiger partial charge >= 0.3 is 0 Å². The lowest BCUT2D eigenvalue weighted by Gasteiger charge is -2.09. The van der Waals surface area contributed by atoms with Crippen molar-refractivity contribution in [2.45, 2.75) is 33.1 Å². The zero-order valence-electron chi connectivity index (χ0n) is 17.7. The molecule has 9 nitrogen and oxygen atoms in total. The third-order valence-electron chi connectivity index (χ3n) is 4.81. The molecule has 4 aromatic heterocycles. The average molecular weight is 416 g/mol. The van der Waals surface area contributed by atoms with E-state index in [2.05, 4.69) is 49.6 Å². The molecule has 2 N–H and O–H groups in total. The van der Waals surface area contributed by atoms with Crippen LogP contribution >= 0.6 is 0 Å². The van der Waals surface area contributed by atoms with Gasteiger partial charge in [0.2, 0.25) is 5.91 Å². The van der Waals surface area contributed by atoms with Crippen molar-refractivity contribution >= 4 is 28.6 Å². The Morgan fingerprint density at radius 1 is 1.10 bits per heavy atom. The topological polar surface area (TPSA) is 111 Å². The first-order chi connectivity index (χ1) is 15.0. The van der Waals surface area contributed by atoms with Crippen molar-refractivity contribution in [3.05, 3.63) is 60.4 Å². The van der Waals surface area contributed by atoms with Crippen LogP contribution in [0.5, 0.6) is 0 Å². The number of nitrogens with one attached hydrogen (secondary N) is 2. The molecule has 0 radical (unpaired) electrons. The van der Waals surface area contributed by atoms with Gasteiger partial charge in [0.05, 0.1) is 41.1 Å². The Morgan fingerprint density at radius 2 is 1.97 bits per heavy atom. The second-order valence-electron chi connectivity index (χ2n) is 7.59. The first-order valence-corrected chi connectivity index (χ1v) is 10.1. The number of pyridine rings is 2. The number of fused-ring (bicyclic) bond motifs is 1. The number of hydrogen-bond acceptors (Lipinski definition) is 7. The second-order valence-corrected chi connectivity index (χ2v) is 7.59. The molecule has 9 heteroatoms. The number of rotatable bonds is 7. The summed E-state index contributed by atoms with van der Waals surface area (Å²) in [5.74, 6) is 1.64. The molecule has 0 aliphatic carbocycles. The normalized spacial score (nSPS) is 11.1. The maximum absolute atomic E-state index is 11.0. The standard InChI is InChI=1S/C22H24N8O/c1-14(2)16-8-22(29-26-10-16)28-21-5-4-19-20(27-21)9-18(11-24-19)30-12-17(25-13-30)6-7-23-15(3)31/h4-5,8-14H,6-7H2,1-3H3,(H,23,31)(H,27,28,29). The van der Waals surface area contributed by atoms with Crippen molar-refractivity contribution in [1.82, 2.24) is 35.0 Å². The number of imidazole rings is 1. The van der Waals surface area contributed by atoms with Crippen molar-refractivity contribution in [2.75, 3.05) is 11.9 Å². The van der Waals surface area contributed by atoms with Gasteiger partial charge in [-0.1, -0.05) is 13.8 Å². The predicted octanol–water partition coefficient (Wildman–Crippen LogP) is 3.15. The van der Waals surface area contributed by atoms with Crippen LogP contribution in [0.2, 0.25) is 0 Å². The molecule has 0 bridgehead atoms. The lowest BCUT2D eigenvalue weighted by Crippen LogP contribution is -2.22. The fourth-order valence-electron chi connectivity index (χ4n) is 3.10. The van der Waals surface area contributed by atoms with Gasteiger partial charge in [-0.3, -0.25) is 9.78 Å². The predicted molar refractivity (Wildman–Crippen MR) is 118 cm³/mol. The van der Waals surface area contributed by atoms with Gasteiger partial charge in [0.1, 0.15) is 5.82 Å². The van der Waals surface area contributed by atoms with Crippen LogP contribution in [-0.2, 0) is 11.2 Å². The van der Waals surface area contributed by atoms with E-state index in [9.17, 15) is 4.79 Å². The molecule has 4 rings (SSSR count). The molecule has 0 saturated heterocycles. The summed E-state index contributed by atoms with van der Waals surface area (Å²) in [6.07, 6.45) is 7.89. The lowest BCUT2D eigenvalue weighted by atomic mass is 10.1. The molecule has 158 valence electrons.